The molecular formula is C23H25N3O4S. The summed E-state index contributed by atoms with van der Waals surface area (Å²) in [6.45, 7) is 0.977. The summed E-state index contributed by atoms with van der Waals surface area (Å²) >= 11 is 1.64. The minimum atomic E-state index is -0.438. The molecule has 0 radical (unpaired) electrons. The lowest BCUT2D eigenvalue weighted by Crippen LogP contribution is -2.28. The van der Waals surface area contributed by atoms with E-state index in [0.717, 1.165) is 17.0 Å². The van der Waals surface area contributed by atoms with E-state index >= 15 is 0 Å². The van der Waals surface area contributed by atoms with Crippen molar-refractivity contribution in [3.63, 3.8) is 0 Å². The number of benzene rings is 2. The second-order valence-electron chi connectivity index (χ2n) is 7.63. The highest BCUT2D eigenvalue weighted by Crippen LogP contribution is 2.34. The second kappa shape index (κ2) is 9.01. The maximum absolute atomic E-state index is 12.9. The third-order valence-electron chi connectivity index (χ3n) is 5.69. The Morgan fingerprint density at radius 2 is 1.87 bits per heavy atom. The van der Waals surface area contributed by atoms with Crippen LogP contribution in [0.4, 0.5) is 17.1 Å². The number of anilines is 3. The van der Waals surface area contributed by atoms with Gasteiger partial charge >= 0.3 is 0 Å². The highest BCUT2D eigenvalue weighted by Gasteiger charge is 2.35. The molecule has 4 rings (SSSR count). The Balaban J connectivity index is 1.47. The van der Waals surface area contributed by atoms with Crippen LogP contribution in [0.5, 0.6) is 5.75 Å². The molecule has 2 fully saturated rings. The van der Waals surface area contributed by atoms with Crippen LogP contribution in [0, 0.1) is 5.92 Å². The van der Waals surface area contributed by atoms with Gasteiger partial charge in [-0.25, -0.2) is 0 Å². The van der Waals surface area contributed by atoms with Gasteiger partial charge in [0.2, 0.25) is 17.7 Å². The third-order valence-corrected chi connectivity index (χ3v) is 6.43. The van der Waals surface area contributed by atoms with Crippen molar-refractivity contribution in [2.24, 2.45) is 5.92 Å². The number of nitrogens with one attached hydrogen (secondary N) is 1. The van der Waals surface area contributed by atoms with Crippen LogP contribution in [0.1, 0.15) is 19.3 Å². The summed E-state index contributed by atoms with van der Waals surface area (Å²) in [5.41, 5.74) is 2.04. The molecule has 1 N–H and O–H groups in total. The van der Waals surface area contributed by atoms with E-state index in [1.807, 2.05) is 30.5 Å². The van der Waals surface area contributed by atoms with Gasteiger partial charge in [-0.3, -0.25) is 14.4 Å². The number of hydrogen-bond acceptors (Lipinski definition) is 5. The van der Waals surface area contributed by atoms with E-state index in [1.165, 1.54) is 0 Å². The Labute approximate surface area is 185 Å². The minimum absolute atomic E-state index is 0.0475. The molecule has 2 aromatic carbocycles. The first-order valence-corrected chi connectivity index (χ1v) is 11.5. The van der Waals surface area contributed by atoms with Crippen molar-refractivity contribution >= 4 is 46.5 Å². The standard InChI is InChI=1S/C23H25N3O4S/c1-30-20-10-5-16(13-19(20)25-11-3-4-21(25)27)24-23(29)15-12-22(28)26(14-15)17-6-8-18(31-2)9-7-17/h5-10,13,15H,3-4,11-12,14H2,1-2H3,(H,24,29). The number of nitrogens with zero attached hydrogens (tertiary/aromatic N) is 2. The lowest BCUT2D eigenvalue weighted by Gasteiger charge is -2.20. The van der Waals surface area contributed by atoms with Crippen LogP contribution in [-0.4, -0.2) is 44.2 Å². The molecule has 0 bridgehead atoms. The fourth-order valence-corrected chi connectivity index (χ4v) is 4.43. The number of carbonyl (C=O) groups is 3. The van der Waals surface area contributed by atoms with Gasteiger partial charge in [0, 0.05) is 42.2 Å². The number of ether oxygens (including phenoxy) is 1. The molecule has 3 amide bonds. The number of hydrogen-bond donors (Lipinski definition) is 1. The monoisotopic (exact) mass is 439 g/mol. The molecule has 0 saturated carbocycles. The van der Waals surface area contributed by atoms with Crippen molar-refractivity contribution in [1.29, 1.82) is 0 Å². The van der Waals surface area contributed by atoms with Crippen LogP contribution in [0.15, 0.2) is 47.4 Å². The normalized spacial score (nSPS) is 18.6. The van der Waals surface area contributed by atoms with Gasteiger partial charge < -0.3 is 19.9 Å². The average molecular weight is 440 g/mol. The summed E-state index contributed by atoms with van der Waals surface area (Å²) in [6, 6.07) is 13.0. The summed E-state index contributed by atoms with van der Waals surface area (Å²) in [6.07, 6.45) is 3.48. The summed E-state index contributed by atoms with van der Waals surface area (Å²) in [7, 11) is 1.56. The largest absolute Gasteiger partial charge is 0.495 e. The van der Waals surface area contributed by atoms with Crippen molar-refractivity contribution in [1.82, 2.24) is 0 Å². The van der Waals surface area contributed by atoms with Crippen LogP contribution < -0.4 is 19.9 Å². The van der Waals surface area contributed by atoms with Gasteiger partial charge in [-0.2, -0.15) is 0 Å². The van der Waals surface area contributed by atoms with E-state index in [9.17, 15) is 14.4 Å². The first-order chi connectivity index (χ1) is 15.0. The summed E-state index contributed by atoms with van der Waals surface area (Å²) < 4.78 is 5.40. The number of carbonyl (C=O) groups excluding carboxylic acids is 3. The number of methoxy groups -OCH3 is 1. The zero-order chi connectivity index (χ0) is 22.0. The summed E-state index contributed by atoms with van der Waals surface area (Å²) in [5, 5.41) is 2.91. The molecule has 162 valence electrons. The van der Waals surface area contributed by atoms with Crippen molar-refractivity contribution in [3.8, 4) is 5.75 Å². The highest BCUT2D eigenvalue weighted by molar-refractivity contribution is 7.98. The van der Waals surface area contributed by atoms with E-state index in [1.54, 1.807) is 46.9 Å². The summed E-state index contributed by atoms with van der Waals surface area (Å²) in [5.74, 6) is -0.0715. The molecule has 2 saturated heterocycles. The Hall–Kier alpha value is -3.00. The number of rotatable bonds is 6. The molecule has 1 unspecified atom stereocenters. The van der Waals surface area contributed by atoms with Crippen molar-refractivity contribution < 1.29 is 19.1 Å². The second-order valence-corrected chi connectivity index (χ2v) is 8.51. The van der Waals surface area contributed by atoms with E-state index in [0.29, 0.717) is 36.6 Å². The predicted molar refractivity (Wildman–Crippen MR) is 122 cm³/mol. The molecule has 1 atom stereocenters. The van der Waals surface area contributed by atoms with E-state index in [4.69, 9.17) is 4.74 Å². The van der Waals surface area contributed by atoms with Gasteiger partial charge in [0.05, 0.1) is 18.7 Å². The Morgan fingerprint density at radius 3 is 2.52 bits per heavy atom. The zero-order valence-electron chi connectivity index (χ0n) is 17.6. The van der Waals surface area contributed by atoms with Gasteiger partial charge in [0.1, 0.15) is 5.75 Å². The summed E-state index contributed by atoms with van der Waals surface area (Å²) in [4.78, 5) is 42.1. The maximum atomic E-state index is 12.9. The van der Waals surface area contributed by atoms with Gasteiger partial charge in [-0.05, 0) is 55.1 Å². The van der Waals surface area contributed by atoms with Gasteiger partial charge in [0.15, 0.2) is 0 Å². The third kappa shape index (κ3) is 4.39. The molecule has 2 aliphatic rings. The molecule has 2 heterocycles. The Morgan fingerprint density at radius 1 is 1.10 bits per heavy atom. The van der Waals surface area contributed by atoms with Gasteiger partial charge in [-0.15, -0.1) is 11.8 Å². The van der Waals surface area contributed by atoms with Crippen LogP contribution >= 0.6 is 11.8 Å². The number of amides is 3. The van der Waals surface area contributed by atoms with Crippen molar-refractivity contribution in [2.45, 2.75) is 24.2 Å². The van der Waals surface area contributed by atoms with E-state index in [-0.39, 0.29) is 24.1 Å². The van der Waals surface area contributed by atoms with E-state index in [2.05, 4.69) is 5.32 Å². The first-order valence-electron chi connectivity index (χ1n) is 10.2. The van der Waals surface area contributed by atoms with Crippen LogP contribution in [0.25, 0.3) is 0 Å². The first kappa shape index (κ1) is 21.2. The molecule has 0 aliphatic carbocycles. The van der Waals surface area contributed by atoms with E-state index < -0.39 is 5.92 Å². The molecule has 8 heteroatoms. The Kier molecular flexibility index (Phi) is 6.18. The van der Waals surface area contributed by atoms with Gasteiger partial charge in [0.25, 0.3) is 0 Å². The topological polar surface area (TPSA) is 79.0 Å². The van der Waals surface area contributed by atoms with Crippen LogP contribution in [0.3, 0.4) is 0 Å². The Bertz CT molecular complexity index is 1010. The molecule has 7 nitrogen and oxygen atoms in total. The molecule has 2 aliphatic heterocycles. The molecule has 2 aromatic rings. The molecule has 0 aromatic heterocycles. The SMILES string of the molecule is COc1ccc(NC(=O)C2CC(=O)N(c3ccc(SC)cc3)C2)cc1N1CCCC1=O. The molecule has 31 heavy (non-hydrogen) atoms. The fourth-order valence-electron chi connectivity index (χ4n) is 4.02. The van der Waals surface area contributed by atoms with Gasteiger partial charge in [-0.1, -0.05) is 0 Å². The van der Waals surface area contributed by atoms with Crippen LogP contribution in [0.2, 0.25) is 0 Å². The quantitative estimate of drug-likeness (QED) is 0.697. The van der Waals surface area contributed by atoms with Crippen LogP contribution in [-0.2, 0) is 14.4 Å². The highest BCUT2D eigenvalue weighted by atomic mass is 32.2. The minimum Gasteiger partial charge on any atom is -0.495 e. The smallest absolute Gasteiger partial charge is 0.229 e. The maximum Gasteiger partial charge on any atom is 0.229 e. The zero-order valence-corrected chi connectivity index (χ0v) is 18.4. The van der Waals surface area contributed by atoms with Crippen molar-refractivity contribution in [2.75, 3.05) is 41.6 Å². The molecular weight excluding hydrogens is 414 g/mol. The average Bonchev–Trinajstić information content (AvgIpc) is 3.39. The predicted octanol–water partition coefficient (Wildman–Crippen LogP) is 3.54. The lowest BCUT2D eigenvalue weighted by molar-refractivity contribution is -0.122. The fraction of sp³-hybridized carbons (Fsp3) is 0.348. The molecule has 0 spiro atoms. The lowest BCUT2D eigenvalue weighted by atomic mass is 10.1. The number of thioether (sulfide) groups is 1. The van der Waals surface area contributed by atoms with Crippen molar-refractivity contribution in [3.05, 3.63) is 42.5 Å².